The van der Waals surface area contributed by atoms with Gasteiger partial charge in [0.25, 0.3) is 0 Å². The van der Waals surface area contributed by atoms with Gasteiger partial charge in [-0.3, -0.25) is 0 Å². The van der Waals surface area contributed by atoms with Crippen LogP contribution in [0.25, 0.3) is 0 Å². The van der Waals surface area contributed by atoms with E-state index < -0.39 is 0 Å². The minimum Gasteiger partial charge on any atom is -0.394 e. The first-order chi connectivity index (χ1) is 8.65. The summed E-state index contributed by atoms with van der Waals surface area (Å²) in [6.07, 6.45) is 1.000. The van der Waals surface area contributed by atoms with Crippen LogP contribution in [0, 0.1) is 6.92 Å². The van der Waals surface area contributed by atoms with Crippen molar-refractivity contribution in [2.45, 2.75) is 58.9 Å². The molecule has 0 aliphatic rings. The second-order valence-electron chi connectivity index (χ2n) is 7.11. The molecule has 1 rings (SSSR count). The van der Waals surface area contributed by atoms with Crippen LogP contribution in [0.2, 0.25) is 0 Å². The number of aliphatic hydroxyl groups excluding tert-OH is 1. The maximum Gasteiger partial charge on any atom is 0.0607 e. The van der Waals surface area contributed by atoms with Crippen LogP contribution in [0.1, 0.15) is 51.3 Å². The van der Waals surface area contributed by atoms with Crippen LogP contribution in [0.3, 0.4) is 0 Å². The Morgan fingerprint density at radius 1 is 1.11 bits per heavy atom. The topological polar surface area (TPSA) is 32.3 Å². The van der Waals surface area contributed by atoms with Gasteiger partial charge < -0.3 is 10.4 Å². The van der Waals surface area contributed by atoms with Crippen LogP contribution >= 0.6 is 0 Å². The van der Waals surface area contributed by atoms with Gasteiger partial charge in [-0.2, -0.15) is 0 Å². The van der Waals surface area contributed by atoms with Gasteiger partial charge >= 0.3 is 0 Å². The third kappa shape index (κ3) is 4.96. The molecule has 2 nitrogen and oxygen atoms in total. The van der Waals surface area contributed by atoms with Gasteiger partial charge in [0, 0.05) is 5.54 Å². The molecule has 0 saturated carbocycles. The van der Waals surface area contributed by atoms with E-state index >= 15 is 0 Å². The Morgan fingerprint density at radius 3 is 2.21 bits per heavy atom. The smallest absolute Gasteiger partial charge is 0.0607 e. The summed E-state index contributed by atoms with van der Waals surface area (Å²) >= 11 is 0. The number of benzene rings is 1. The molecule has 0 radical (unpaired) electrons. The average Bonchev–Trinajstić information content (AvgIpc) is 2.30. The highest BCUT2D eigenvalue weighted by Gasteiger charge is 2.16. The highest BCUT2D eigenvalue weighted by molar-refractivity contribution is 5.34. The minimum atomic E-state index is -0.195. The molecule has 0 amide bonds. The van der Waals surface area contributed by atoms with Gasteiger partial charge in [0.05, 0.1) is 6.61 Å². The van der Waals surface area contributed by atoms with E-state index in [0.29, 0.717) is 0 Å². The molecule has 0 aliphatic carbocycles. The fourth-order valence-electron chi connectivity index (χ4n) is 2.03. The van der Waals surface area contributed by atoms with E-state index in [1.54, 1.807) is 0 Å². The molecule has 0 fully saturated rings. The van der Waals surface area contributed by atoms with Gasteiger partial charge in [-0.05, 0) is 55.8 Å². The van der Waals surface area contributed by atoms with Crippen molar-refractivity contribution in [2.75, 3.05) is 13.2 Å². The Kier molecular flexibility index (Phi) is 5.17. The quantitative estimate of drug-likeness (QED) is 0.855. The largest absolute Gasteiger partial charge is 0.394 e. The highest BCUT2D eigenvalue weighted by atomic mass is 16.3. The van der Waals surface area contributed by atoms with E-state index in [2.05, 4.69) is 51.2 Å². The van der Waals surface area contributed by atoms with Crippen LogP contribution < -0.4 is 5.32 Å². The van der Waals surface area contributed by atoms with Crippen molar-refractivity contribution in [2.24, 2.45) is 0 Å². The summed E-state index contributed by atoms with van der Waals surface area (Å²) in [6, 6.07) is 6.77. The van der Waals surface area contributed by atoms with Crippen molar-refractivity contribution in [1.29, 1.82) is 0 Å². The van der Waals surface area contributed by atoms with Gasteiger partial charge in [0.2, 0.25) is 0 Å². The fourth-order valence-corrected chi connectivity index (χ4v) is 2.03. The fraction of sp³-hybridized carbons (Fsp3) is 0.647. The lowest BCUT2D eigenvalue weighted by Gasteiger charge is -2.24. The van der Waals surface area contributed by atoms with Crippen molar-refractivity contribution < 1.29 is 5.11 Å². The standard InChI is InChI=1S/C17H29NO/c1-13-11-15(16(2,3)4)8-7-14(13)9-10-18-17(5,6)12-19/h7-8,11,18-19H,9-10,12H2,1-6H3. The Bertz CT molecular complexity index is 416. The summed E-state index contributed by atoms with van der Waals surface area (Å²) < 4.78 is 0. The third-order valence-corrected chi connectivity index (χ3v) is 3.60. The van der Waals surface area contributed by atoms with Crippen molar-refractivity contribution >= 4 is 0 Å². The molecular formula is C17H29NO. The van der Waals surface area contributed by atoms with E-state index in [1.807, 2.05) is 13.8 Å². The summed E-state index contributed by atoms with van der Waals surface area (Å²) in [4.78, 5) is 0. The van der Waals surface area contributed by atoms with Gasteiger partial charge in [-0.25, -0.2) is 0 Å². The predicted octanol–water partition coefficient (Wildman–Crippen LogP) is 3.20. The number of nitrogens with one attached hydrogen (secondary N) is 1. The summed E-state index contributed by atoms with van der Waals surface area (Å²) in [7, 11) is 0. The summed E-state index contributed by atoms with van der Waals surface area (Å²) in [5.41, 5.74) is 4.14. The van der Waals surface area contributed by atoms with E-state index in [4.69, 9.17) is 0 Å². The molecule has 0 saturated heterocycles. The zero-order chi connectivity index (χ0) is 14.7. The van der Waals surface area contributed by atoms with Gasteiger partial charge in [-0.1, -0.05) is 39.0 Å². The number of rotatable bonds is 5. The molecule has 19 heavy (non-hydrogen) atoms. The predicted molar refractivity (Wildman–Crippen MR) is 82.8 cm³/mol. The Labute approximate surface area is 118 Å². The molecule has 0 aliphatic heterocycles. The monoisotopic (exact) mass is 263 g/mol. The highest BCUT2D eigenvalue weighted by Crippen LogP contribution is 2.24. The first kappa shape index (κ1) is 16.2. The molecule has 0 spiro atoms. The Morgan fingerprint density at radius 2 is 1.74 bits per heavy atom. The molecule has 2 heteroatoms. The second-order valence-corrected chi connectivity index (χ2v) is 7.11. The molecule has 1 aromatic carbocycles. The third-order valence-electron chi connectivity index (χ3n) is 3.60. The van der Waals surface area contributed by atoms with Crippen LogP contribution in [-0.4, -0.2) is 23.8 Å². The van der Waals surface area contributed by atoms with Gasteiger partial charge in [-0.15, -0.1) is 0 Å². The molecule has 0 aromatic heterocycles. The lowest BCUT2D eigenvalue weighted by atomic mass is 9.85. The number of aryl methyl sites for hydroxylation is 1. The zero-order valence-electron chi connectivity index (χ0n) is 13.3. The molecule has 108 valence electrons. The number of hydrogen-bond acceptors (Lipinski definition) is 2. The summed E-state index contributed by atoms with van der Waals surface area (Å²) in [6.45, 7) is 14.0. The lowest BCUT2D eigenvalue weighted by Crippen LogP contribution is -2.43. The average molecular weight is 263 g/mol. The van der Waals surface area contributed by atoms with Crippen LogP contribution in [0.5, 0.6) is 0 Å². The maximum absolute atomic E-state index is 9.21. The van der Waals surface area contributed by atoms with Crippen LogP contribution in [0.15, 0.2) is 18.2 Å². The molecule has 0 bridgehead atoms. The minimum absolute atomic E-state index is 0.162. The van der Waals surface area contributed by atoms with E-state index in [-0.39, 0.29) is 17.6 Å². The molecule has 0 atom stereocenters. The molecule has 0 heterocycles. The van der Waals surface area contributed by atoms with Crippen molar-refractivity contribution in [3.63, 3.8) is 0 Å². The number of hydrogen-bond donors (Lipinski definition) is 2. The molecule has 1 aromatic rings. The maximum atomic E-state index is 9.21. The van der Waals surface area contributed by atoms with Crippen molar-refractivity contribution in [3.05, 3.63) is 34.9 Å². The van der Waals surface area contributed by atoms with E-state index in [9.17, 15) is 5.11 Å². The summed E-state index contributed by atoms with van der Waals surface area (Å²) in [5.74, 6) is 0. The second kappa shape index (κ2) is 6.06. The number of aliphatic hydroxyl groups is 1. The van der Waals surface area contributed by atoms with Crippen molar-refractivity contribution in [3.8, 4) is 0 Å². The lowest BCUT2D eigenvalue weighted by molar-refractivity contribution is 0.189. The van der Waals surface area contributed by atoms with Crippen LogP contribution in [0.4, 0.5) is 0 Å². The van der Waals surface area contributed by atoms with Gasteiger partial charge in [0.15, 0.2) is 0 Å². The van der Waals surface area contributed by atoms with E-state index in [0.717, 1.165) is 13.0 Å². The first-order valence-corrected chi connectivity index (χ1v) is 7.11. The molecular weight excluding hydrogens is 234 g/mol. The van der Waals surface area contributed by atoms with Crippen molar-refractivity contribution in [1.82, 2.24) is 5.32 Å². The summed E-state index contributed by atoms with van der Waals surface area (Å²) in [5, 5.41) is 12.6. The van der Waals surface area contributed by atoms with E-state index in [1.165, 1.54) is 16.7 Å². The van der Waals surface area contributed by atoms with Gasteiger partial charge in [0.1, 0.15) is 0 Å². The molecule has 0 unspecified atom stereocenters. The normalized spacial score (nSPS) is 12.8. The SMILES string of the molecule is Cc1cc(C(C)(C)C)ccc1CCNC(C)(C)CO. The Hall–Kier alpha value is -0.860. The Balaban J connectivity index is 2.66. The molecule has 2 N–H and O–H groups in total. The zero-order valence-corrected chi connectivity index (χ0v) is 13.3. The van der Waals surface area contributed by atoms with Crippen LogP contribution in [-0.2, 0) is 11.8 Å². The first-order valence-electron chi connectivity index (χ1n) is 7.11.